The molecular weight excluding hydrogens is 359 g/mol. The second kappa shape index (κ2) is 7.38. The van der Waals surface area contributed by atoms with Crippen LogP contribution in [0.2, 0.25) is 0 Å². The molecule has 0 spiro atoms. The lowest BCUT2D eigenvalue weighted by molar-refractivity contribution is -0.141. The van der Waals surface area contributed by atoms with Crippen molar-refractivity contribution in [2.75, 3.05) is 12.4 Å². The van der Waals surface area contributed by atoms with Gasteiger partial charge in [0.2, 0.25) is 11.8 Å². The highest BCUT2D eigenvalue weighted by Gasteiger charge is 2.39. The largest absolute Gasteiger partial charge is 0.433 e. The summed E-state index contributed by atoms with van der Waals surface area (Å²) in [5.74, 6) is -0.925. The van der Waals surface area contributed by atoms with Crippen LogP contribution >= 0.6 is 0 Å². The molecule has 1 aliphatic rings. The highest BCUT2D eigenvalue weighted by Crippen LogP contribution is 2.36. The summed E-state index contributed by atoms with van der Waals surface area (Å²) >= 11 is 0. The topological polar surface area (TPSA) is 62.3 Å². The van der Waals surface area contributed by atoms with Crippen LogP contribution < -0.4 is 5.32 Å². The molecule has 2 heterocycles. The molecule has 0 saturated carbocycles. The summed E-state index contributed by atoms with van der Waals surface area (Å²) in [6.07, 6.45) is -2.95. The number of nitrogens with one attached hydrogen (secondary N) is 1. The van der Waals surface area contributed by atoms with E-state index < -0.39 is 23.8 Å². The minimum Gasteiger partial charge on any atom is -0.338 e. The molecule has 2 aromatic rings. The maximum Gasteiger partial charge on any atom is 0.433 e. The van der Waals surface area contributed by atoms with Gasteiger partial charge in [-0.25, -0.2) is 4.98 Å². The molecule has 1 aromatic carbocycles. The van der Waals surface area contributed by atoms with Crippen molar-refractivity contribution in [1.82, 2.24) is 9.88 Å². The van der Waals surface area contributed by atoms with Crippen LogP contribution in [0.1, 0.15) is 30.1 Å². The zero-order valence-electron chi connectivity index (χ0n) is 14.5. The summed E-state index contributed by atoms with van der Waals surface area (Å²) in [5, 5.41) is 2.62. The van der Waals surface area contributed by atoms with Gasteiger partial charge in [0.05, 0.1) is 23.8 Å². The molecule has 27 heavy (non-hydrogen) atoms. The van der Waals surface area contributed by atoms with Gasteiger partial charge in [0.15, 0.2) is 0 Å². The smallest absolute Gasteiger partial charge is 0.338 e. The molecule has 5 nitrogen and oxygen atoms in total. The number of halogens is 3. The fraction of sp³-hybridized carbons (Fsp3) is 0.316. The van der Waals surface area contributed by atoms with Crippen LogP contribution in [0.15, 0.2) is 48.7 Å². The van der Waals surface area contributed by atoms with Crippen molar-refractivity contribution < 1.29 is 22.8 Å². The third-order valence-electron chi connectivity index (χ3n) is 4.66. The average molecular weight is 377 g/mol. The predicted octanol–water partition coefficient (Wildman–Crippen LogP) is 3.65. The van der Waals surface area contributed by atoms with Gasteiger partial charge in [0.25, 0.3) is 0 Å². The monoisotopic (exact) mass is 377 g/mol. The summed E-state index contributed by atoms with van der Waals surface area (Å²) in [4.78, 5) is 29.8. The molecule has 0 radical (unpaired) electrons. The standard InChI is InChI=1S/C19H18F3N3O2/c1-25-16(26)10-8-14(17(25)12-5-3-2-4-6-12)18(27)24-13-7-9-15(23-11-13)19(20,21)22/h2-7,9,11,14,17H,8,10H2,1H3,(H,24,27). The van der Waals surface area contributed by atoms with Gasteiger partial charge in [0.1, 0.15) is 5.69 Å². The minimum absolute atomic E-state index is 0.0518. The number of pyridine rings is 1. The summed E-state index contributed by atoms with van der Waals surface area (Å²) < 4.78 is 37.8. The third-order valence-corrected chi connectivity index (χ3v) is 4.66. The van der Waals surface area contributed by atoms with Crippen LogP contribution in [-0.2, 0) is 15.8 Å². The van der Waals surface area contributed by atoms with Crippen LogP contribution in [0.3, 0.4) is 0 Å². The Kier molecular flexibility index (Phi) is 5.16. The lowest BCUT2D eigenvalue weighted by Gasteiger charge is -2.38. The minimum atomic E-state index is -4.53. The zero-order chi connectivity index (χ0) is 19.6. The molecule has 2 amide bonds. The van der Waals surface area contributed by atoms with E-state index in [-0.39, 0.29) is 23.9 Å². The van der Waals surface area contributed by atoms with E-state index in [2.05, 4.69) is 10.3 Å². The number of aromatic nitrogens is 1. The Morgan fingerprint density at radius 2 is 1.89 bits per heavy atom. The Morgan fingerprint density at radius 1 is 1.19 bits per heavy atom. The molecule has 142 valence electrons. The van der Waals surface area contributed by atoms with Crippen LogP contribution in [0.4, 0.5) is 18.9 Å². The van der Waals surface area contributed by atoms with Crippen molar-refractivity contribution in [1.29, 1.82) is 0 Å². The lowest BCUT2D eigenvalue weighted by atomic mass is 9.84. The SMILES string of the molecule is CN1C(=O)CCC(C(=O)Nc2ccc(C(F)(F)F)nc2)C1c1ccccc1. The van der Waals surface area contributed by atoms with E-state index in [0.717, 1.165) is 17.8 Å². The molecule has 1 N–H and O–H groups in total. The quantitative estimate of drug-likeness (QED) is 0.888. The van der Waals surface area contributed by atoms with Crippen molar-refractivity contribution in [3.63, 3.8) is 0 Å². The molecule has 1 saturated heterocycles. The Hall–Kier alpha value is -2.90. The second-order valence-corrected chi connectivity index (χ2v) is 6.42. The first-order valence-electron chi connectivity index (χ1n) is 8.42. The first-order chi connectivity index (χ1) is 12.8. The number of piperidine rings is 1. The van der Waals surface area contributed by atoms with Crippen molar-refractivity contribution in [3.8, 4) is 0 Å². The molecular formula is C19H18F3N3O2. The Morgan fingerprint density at radius 3 is 2.48 bits per heavy atom. The van der Waals surface area contributed by atoms with E-state index in [9.17, 15) is 22.8 Å². The van der Waals surface area contributed by atoms with Gasteiger partial charge in [-0.05, 0) is 24.1 Å². The maximum atomic E-state index is 12.8. The molecule has 3 rings (SSSR count). The second-order valence-electron chi connectivity index (χ2n) is 6.42. The van der Waals surface area contributed by atoms with E-state index in [1.54, 1.807) is 11.9 Å². The van der Waals surface area contributed by atoms with Crippen molar-refractivity contribution in [2.24, 2.45) is 5.92 Å². The number of rotatable bonds is 3. The highest BCUT2D eigenvalue weighted by molar-refractivity contribution is 5.94. The van der Waals surface area contributed by atoms with Crippen LogP contribution in [-0.4, -0.2) is 28.7 Å². The van der Waals surface area contributed by atoms with E-state index in [1.807, 2.05) is 30.3 Å². The van der Waals surface area contributed by atoms with E-state index in [1.165, 1.54) is 6.07 Å². The number of anilines is 1. The normalized spacial score (nSPS) is 20.4. The fourth-order valence-electron chi connectivity index (χ4n) is 3.29. The van der Waals surface area contributed by atoms with E-state index in [0.29, 0.717) is 6.42 Å². The summed E-state index contributed by atoms with van der Waals surface area (Å²) in [6.45, 7) is 0. The number of benzene rings is 1. The van der Waals surface area contributed by atoms with Gasteiger partial charge < -0.3 is 10.2 Å². The number of hydrogen-bond donors (Lipinski definition) is 1. The third kappa shape index (κ3) is 4.10. The van der Waals surface area contributed by atoms with Gasteiger partial charge in [-0.15, -0.1) is 0 Å². The molecule has 1 aliphatic heterocycles. The molecule has 2 atom stereocenters. The molecule has 0 bridgehead atoms. The highest BCUT2D eigenvalue weighted by atomic mass is 19.4. The number of alkyl halides is 3. The Balaban J connectivity index is 1.80. The maximum absolute atomic E-state index is 12.8. The van der Waals surface area contributed by atoms with Gasteiger partial charge in [-0.1, -0.05) is 30.3 Å². The fourth-order valence-corrected chi connectivity index (χ4v) is 3.29. The van der Waals surface area contributed by atoms with Crippen molar-refractivity contribution in [3.05, 3.63) is 59.9 Å². The summed E-state index contributed by atoms with van der Waals surface area (Å²) in [5.41, 5.74) is -0.0104. The Bertz CT molecular complexity index is 822. The van der Waals surface area contributed by atoms with Gasteiger partial charge in [-0.2, -0.15) is 13.2 Å². The number of carbonyl (C=O) groups excluding carboxylic acids is 2. The van der Waals surface area contributed by atoms with Crippen molar-refractivity contribution >= 4 is 17.5 Å². The van der Waals surface area contributed by atoms with Crippen LogP contribution in [0.25, 0.3) is 0 Å². The number of carbonyl (C=O) groups is 2. The van der Waals surface area contributed by atoms with Crippen molar-refractivity contribution in [2.45, 2.75) is 25.1 Å². The molecule has 1 aromatic heterocycles. The zero-order valence-corrected chi connectivity index (χ0v) is 14.5. The Labute approximate surface area is 154 Å². The van der Waals surface area contributed by atoms with Crippen LogP contribution in [0, 0.1) is 5.92 Å². The van der Waals surface area contributed by atoms with Gasteiger partial charge in [0, 0.05) is 13.5 Å². The molecule has 2 unspecified atom stereocenters. The first-order valence-corrected chi connectivity index (χ1v) is 8.42. The predicted molar refractivity (Wildman–Crippen MR) is 92.5 cm³/mol. The summed E-state index contributed by atoms with van der Waals surface area (Å²) in [7, 11) is 1.65. The van der Waals surface area contributed by atoms with Crippen LogP contribution in [0.5, 0.6) is 0 Å². The number of amides is 2. The number of nitrogens with zero attached hydrogens (tertiary/aromatic N) is 2. The van der Waals surface area contributed by atoms with E-state index >= 15 is 0 Å². The molecule has 8 heteroatoms. The van der Waals surface area contributed by atoms with Gasteiger partial charge in [-0.3, -0.25) is 9.59 Å². The van der Waals surface area contributed by atoms with E-state index in [4.69, 9.17) is 0 Å². The first kappa shape index (κ1) is 18.9. The number of hydrogen-bond acceptors (Lipinski definition) is 3. The molecule has 1 fully saturated rings. The van der Waals surface area contributed by atoms with Gasteiger partial charge >= 0.3 is 6.18 Å². The summed E-state index contributed by atoms with van der Waals surface area (Å²) in [6, 6.07) is 10.8. The molecule has 0 aliphatic carbocycles. The average Bonchev–Trinajstić information content (AvgIpc) is 2.64. The lowest BCUT2D eigenvalue weighted by Crippen LogP contribution is -2.44. The number of likely N-dealkylation sites (tertiary alicyclic amines) is 1.